The van der Waals surface area contributed by atoms with Gasteiger partial charge in [0.1, 0.15) is 17.2 Å². The van der Waals surface area contributed by atoms with Crippen LogP contribution in [0.4, 0.5) is 0 Å². The predicted octanol–water partition coefficient (Wildman–Crippen LogP) is 5.00. The number of esters is 1. The Hall–Kier alpha value is -3.45. The highest BCUT2D eigenvalue weighted by molar-refractivity contribution is 9.10. The third-order valence-corrected chi connectivity index (χ3v) is 5.13. The van der Waals surface area contributed by atoms with E-state index < -0.39 is 5.97 Å². The van der Waals surface area contributed by atoms with E-state index in [0.717, 1.165) is 4.47 Å². The maximum absolute atomic E-state index is 12.8. The number of rotatable bonds is 4. The summed E-state index contributed by atoms with van der Waals surface area (Å²) in [4.78, 5) is 29.1. The van der Waals surface area contributed by atoms with Gasteiger partial charge in [-0.3, -0.25) is 9.78 Å². The number of fused-ring (bicyclic) bond motifs is 1. The summed E-state index contributed by atoms with van der Waals surface area (Å²) in [5, 5.41) is 0. The number of carbonyl (C=O) groups is 2. The van der Waals surface area contributed by atoms with Crippen molar-refractivity contribution < 1.29 is 23.8 Å². The first kappa shape index (κ1) is 19.8. The second-order valence-electron chi connectivity index (χ2n) is 6.52. The number of ketones is 1. The molecule has 0 saturated heterocycles. The highest BCUT2D eigenvalue weighted by atomic mass is 79.9. The molecule has 6 nitrogen and oxygen atoms in total. The fourth-order valence-electron chi connectivity index (χ4n) is 3.08. The standard InChI is InChI=1S/C23H16BrNO5/c1-13-18(30-23(27)14-7-9-25-10-8-14)6-4-17-21(26)20(29-22(13)17)12-15-11-16(24)3-5-19(15)28-2/h3-12H,1-2H3/b20-12-. The van der Waals surface area contributed by atoms with Crippen LogP contribution >= 0.6 is 15.9 Å². The van der Waals surface area contributed by atoms with Crippen LogP contribution in [0.5, 0.6) is 17.2 Å². The number of pyridine rings is 1. The van der Waals surface area contributed by atoms with Crippen molar-refractivity contribution in [3.63, 3.8) is 0 Å². The van der Waals surface area contributed by atoms with Crippen LogP contribution in [0.3, 0.4) is 0 Å². The summed E-state index contributed by atoms with van der Waals surface area (Å²) in [6.45, 7) is 1.74. The van der Waals surface area contributed by atoms with Crippen molar-refractivity contribution in [2.24, 2.45) is 0 Å². The Morgan fingerprint density at radius 3 is 2.57 bits per heavy atom. The first-order valence-corrected chi connectivity index (χ1v) is 9.81. The molecule has 0 N–H and O–H groups in total. The van der Waals surface area contributed by atoms with Crippen molar-refractivity contribution in [1.29, 1.82) is 0 Å². The van der Waals surface area contributed by atoms with E-state index in [4.69, 9.17) is 14.2 Å². The largest absolute Gasteiger partial charge is 0.496 e. The van der Waals surface area contributed by atoms with Gasteiger partial charge in [-0.25, -0.2) is 4.79 Å². The Bertz CT molecular complexity index is 1190. The summed E-state index contributed by atoms with van der Waals surface area (Å²) in [6, 6.07) is 11.8. The summed E-state index contributed by atoms with van der Waals surface area (Å²) in [6.07, 6.45) is 4.66. The number of hydrogen-bond acceptors (Lipinski definition) is 6. The molecule has 1 aliphatic heterocycles. The number of carbonyl (C=O) groups excluding carboxylic acids is 2. The summed E-state index contributed by atoms with van der Waals surface area (Å²) in [5.41, 5.74) is 2.05. The number of Topliss-reactive ketones (excluding diaryl/α,β-unsaturated/α-hetero) is 1. The topological polar surface area (TPSA) is 74.7 Å². The number of benzene rings is 2. The zero-order valence-electron chi connectivity index (χ0n) is 16.1. The van der Waals surface area contributed by atoms with Gasteiger partial charge in [-0.2, -0.15) is 0 Å². The van der Waals surface area contributed by atoms with E-state index in [0.29, 0.717) is 39.5 Å². The van der Waals surface area contributed by atoms with Gasteiger partial charge in [0, 0.05) is 28.0 Å². The Balaban J connectivity index is 1.65. The minimum absolute atomic E-state index is 0.169. The first-order chi connectivity index (χ1) is 14.5. The van der Waals surface area contributed by atoms with Crippen LogP contribution < -0.4 is 14.2 Å². The van der Waals surface area contributed by atoms with Crippen LogP contribution in [-0.4, -0.2) is 23.8 Å². The molecule has 0 atom stereocenters. The fourth-order valence-corrected chi connectivity index (χ4v) is 3.46. The lowest BCUT2D eigenvalue weighted by Crippen LogP contribution is -2.09. The van der Waals surface area contributed by atoms with Crippen LogP contribution in [0.25, 0.3) is 6.08 Å². The molecular weight excluding hydrogens is 450 g/mol. The summed E-state index contributed by atoms with van der Waals surface area (Å²) < 4.78 is 17.6. The lowest BCUT2D eigenvalue weighted by atomic mass is 10.1. The van der Waals surface area contributed by atoms with Gasteiger partial charge in [-0.1, -0.05) is 15.9 Å². The molecule has 1 aromatic heterocycles. The van der Waals surface area contributed by atoms with Crippen molar-refractivity contribution >= 4 is 33.8 Å². The molecule has 3 aromatic rings. The van der Waals surface area contributed by atoms with E-state index in [2.05, 4.69) is 20.9 Å². The molecule has 0 radical (unpaired) electrons. The van der Waals surface area contributed by atoms with Gasteiger partial charge in [-0.05, 0) is 55.5 Å². The van der Waals surface area contributed by atoms with Crippen molar-refractivity contribution in [2.45, 2.75) is 6.92 Å². The molecule has 0 spiro atoms. The smallest absolute Gasteiger partial charge is 0.343 e. The molecule has 0 bridgehead atoms. The molecular formula is C23H16BrNO5. The summed E-state index contributed by atoms with van der Waals surface area (Å²) in [5.74, 6) is 0.718. The van der Waals surface area contributed by atoms with E-state index in [-0.39, 0.29) is 11.5 Å². The molecule has 7 heteroatoms. The van der Waals surface area contributed by atoms with E-state index in [1.54, 1.807) is 50.4 Å². The molecule has 0 saturated carbocycles. The van der Waals surface area contributed by atoms with Crippen LogP contribution in [0.1, 0.15) is 31.8 Å². The van der Waals surface area contributed by atoms with Gasteiger partial charge in [0.05, 0.1) is 18.2 Å². The second kappa shape index (κ2) is 8.12. The van der Waals surface area contributed by atoms with Crippen molar-refractivity contribution in [3.8, 4) is 17.2 Å². The highest BCUT2D eigenvalue weighted by Gasteiger charge is 2.31. The Morgan fingerprint density at radius 2 is 1.83 bits per heavy atom. The lowest BCUT2D eigenvalue weighted by molar-refractivity contribution is 0.0733. The van der Waals surface area contributed by atoms with Crippen molar-refractivity contribution in [1.82, 2.24) is 4.98 Å². The van der Waals surface area contributed by atoms with E-state index in [9.17, 15) is 9.59 Å². The minimum atomic E-state index is -0.514. The molecule has 30 heavy (non-hydrogen) atoms. The van der Waals surface area contributed by atoms with Gasteiger partial charge in [0.15, 0.2) is 5.76 Å². The Kier molecular flexibility index (Phi) is 5.37. The average Bonchev–Trinajstić information content (AvgIpc) is 3.07. The van der Waals surface area contributed by atoms with Crippen LogP contribution in [-0.2, 0) is 0 Å². The van der Waals surface area contributed by atoms with Crippen molar-refractivity contribution in [2.75, 3.05) is 7.11 Å². The van der Waals surface area contributed by atoms with E-state index >= 15 is 0 Å². The second-order valence-corrected chi connectivity index (χ2v) is 7.43. The zero-order valence-corrected chi connectivity index (χ0v) is 17.7. The molecule has 2 aromatic carbocycles. The van der Waals surface area contributed by atoms with Crippen LogP contribution in [0.2, 0.25) is 0 Å². The summed E-state index contributed by atoms with van der Waals surface area (Å²) in [7, 11) is 1.56. The molecule has 0 fully saturated rings. The third-order valence-electron chi connectivity index (χ3n) is 4.63. The highest BCUT2D eigenvalue weighted by Crippen LogP contribution is 2.40. The zero-order chi connectivity index (χ0) is 21.3. The predicted molar refractivity (Wildman–Crippen MR) is 114 cm³/mol. The number of allylic oxidation sites excluding steroid dienone is 1. The number of methoxy groups -OCH3 is 1. The number of nitrogens with zero attached hydrogens (tertiary/aromatic N) is 1. The molecule has 150 valence electrons. The average molecular weight is 466 g/mol. The lowest BCUT2D eigenvalue weighted by Gasteiger charge is -2.10. The Morgan fingerprint density at radius 1 is 1.10 bits per heavy atom. The maximum Gasteiger partial charge on any atom is 0.343 e. The summed E-state index contributed by atoms with van der Waals surface area (Å²) >= 11 is 3.42. The van der Waals surface area contributed by atoms with Crippen LogP contribution in [0.15, 0.2) is 65.1 Å². The third kappa shape index (κ3) is 3.71. The minimum Gasteiger partial charge on any atom is -0.496 e. The van der Waals surface area contributed by atoms with Gasteiger partial charge >= 0.3 is 5.97 Å². The number of hydrogen-bond donors (Lipinski definition) is 0. The van der Waals surface area contributed by atoms with Crippen molar-refractivity contribution in [3.05, 3.63) is 87.3 Å². The van der Waals surface area contributed by atoms with Crippen LogP contribution in [0, 0.1) is 6.92 Å². The van der Waals surface area contributed by atoms with Gasteiger partial charge in [0.25, 0.3) is 0 Å². The molecule has 1 aliphatic rings. The first-order valence-electron chi connectivity index (χ1n) is 9.01. The molecule has 4 rings (SSSR count). The molecule has 0 aliphatic carbocycles. The van der Waals surface area contributed by atoms with Gasteiger partial charge < -0.3 is 14.2 Å². The SMILES string of the molecule is COc1ccc(Br)cc1/C=C1\Oc2c(ccc(OC(=O)c3ccncc3)c2C)C1=O. The Labute approximate surface area is 181 Å². The molecule has 2 heterocycles. The normalized spacial score (nSPS) is 13.7. The monoisotopic (exact) mass is 465 g/mol. The number of aromatic nitrogens is 1. The number of halogens is 1. The van der Waals surface area contributed by atoms with Gasteiger partial charge in [-0.15, -0.1) is 0 Å². The van der Waals surface area contributed by atoms with E-state index in [1.807, 2.05) is 12.1 Å². The van der Waals surface area contributed by atoms with E-state index in [1.165, 1.54) is 12.4 Å². The van der Waals surface area contributed by atoms with Gasteiger partial charge in [0.2, 0.25) is 5.78 Å². The molecule has 0 amide bonds. The quantitative estimate of drug-likeness (QED) is 0.306. The maximum atomic E-state index is 12.8. The molecule has 0 unspecified atom stereocenters. The fraction of sp³-hybridized carbons (Fsp3) is 0.0870. The number of ether oxygens (including phenoxy) is 3.